The van der Waals surface area contributed by atoms with Crippen molar-refractivity contribution in [3.8, 4) is 0 Å². The molecular weight excluding hydrogens is 462 g/mol. The van der Waals surface area contributed by atoms with Crippen molar-refractivity contribution in [3.63, 3.8) is 0 Å². The average molecular weight is 477 g/mol. The number of imidazole rings is 1. The van der Waals surface area contributed by atoms with Crippen molar-refractivity contribution in [2.45, 2.75) is 22.8 Å². The Morgan fingerprint density at radius 1 is 1.03 bits per heavy atom. The molecule has 170 valence electrons. The number of ether oxygens (including phenoxy) is 1. The van der Waals surface area contributed by atoms with Crippen molar-refractivity contribution < 1.29 is 27.5 Å². The van der Waals surface area contributed by atoms with Gasteiger partial charge >= 0.3 is 5.97 Å². The number of hydrogen-bond donors (Lipinski definition) is 2. The molecule has 1 aliphatic rings. The van der Waals surface area contributed by atoms with Crippen molar-refractivity contribution in [1.82, 2.24) is 19.9 Å². The molecule has 0 saturated carbocycles. The van der Waals surface area contributed by atoms with E-state index in [0.717, 1.165) is 6.07 Å². The highest BCUT2D eigenvalue weighted by Crippen LogP contribution is 2.34. The fraction of sp³-hybridized carbons (Fsp3) is 0.0909. The molecule has 0 fully saturated rings. The minimum atomic E-state index is -4.02. The summed E-state index contributed by atoms with van der Waals surface area (Å²) in [7, 11) is -4.02. The third-order valence-corrected chi connectivity index (χ3v) is 7.14. The zero-order chi connectivity index (χ0) is 24.0. The van der Waals surface area contributed by atoms with E-state index in [1.807, 2.05) is 0 Å². The van der Waals surface area contributed by atoms with Gasteiger partial charge in [0.2, 0.25) is 9.84 Å². The number of carbonyl (C=O) groups excluding carboxylic acids is 3. The first-order valence-electron chi connectivity index (χ1n) is 9.96. The van der Waals surface area contributed by atoms with Crippen LogP contribution in [0.2, 0.25) is 0 Å². The average Bonchev–Trinajstić information content (AvgIpc) is 3.32. The zero-order valence-electron chi connectivity index (χ0n) is 17.5. The maximum atomic E-state index is 13.0. The van der Waals surface area contributed by atoms with Crippen molar-refractivity contribution in [2.24, 2.45) is 0 Å². The Kier molecular flexibility index (Phi) is 4.94. The van der Waals surface area contributed by atoms with Gasteiger partial charge in [-0.05, 0) is 37.3 Å². The molecule has 0 radical (unpaired) electrons. The van der Waals surface area contributed by atoms with Gasteiger partial charge in [0.05, 0.1) is 21.7 Å². The largest absolute Gasteiger partial charge is 0.449 e. The number of amides is 1. The fourth-order valence-electron chi connectivity index (χ4n) is 3.57. The molecule has 4 aromatic rings. The number of sulfone groups is 1. The summed E-state index contributed by atoms with van der Waals surface area (Å²) >= 11 is 0. The molecule has 1 aliphatic heterocycles. The Bertz CT molecular complexity index is 1610. The predicted molar refractivity (Wildman–Crippen MR) is 117 cm³/mol. The molecule has 0 aliphatic carbocycles. The number of fused-ring (bicyclic) bond motifs is 3. The van der Waals surface area contributed by atoms with E-state index in [-0.39, 0.29) is 32.3 Å². The van der Waals surface area contributed by atoms with E-state index in [1.54, 1.807) is 6.07 Å². The van der Waals surface area contributed by atoms with Gasteiger partial charge in [-0.25, -0.2) is 28.2 Å². The quantitative estimate of drug-likeness (QED) is 0.368. The third kappa shape index (κ3) is 3.40. The number of rotatable bonds is 4. The zero-order valence-corrected chi connectivity index (χ0v) is 18.3. The predicted octanol–water partition coefficient (Wildman–Crippen LogP) is 1.91. The lowest BCUT2D eigenvalue weighted by atomic mass is 10.0. The summed E-state index contributed by atoms with van der Waals surface area (Å²) in [6.07, 6.45) is 1.38. The van der Waals surface area contributed by atoms with Crippen LogP contribution in [0.25, 0.3) is 11.2 Å². The van der Waals surface area contributed by atoms with E-state index in [2.05, 4.69) is 25.3 Å². The van der Waals surface area contributed by atoms with Crippen LogP contribution in [0.5, 0.6) is 0 Å². The number of anilines is 1. The molecule has 0 bridgehead atoms. The van der Waals surface area contributed by atoms with Crippen LogP contribution in [0.3, 0.4) is 0 Å². The first-order valence-corrected chi connectivity index (χ1v) is 11.4. The molecule has 0 spiro atoms. The van der Waals surface area contributed by atoms with Crippen LogP contribution >= 0.6 is 0 Å². The lowest BCUT2D eigenvalue weighted by Gasteiger charge is -2.19. The highest BCUT2D eigenvalue weighted by molar-refractivity contribution is 7.91. The van der Waals surface area contributed by atoms with Gasteiger partial charge < -0.3 is 15.0 Å². The summed E-state index contributed by atoms with van der Waals surface area (Å²) in [5.41, 5.74) is 0.674. The Morgan fingerprint density at radius 3 is 2.62 bits per heavy atom. The van der Waals surface area contributed by atoms with E-state index in [4.69, 9.17) is 4.74 Å². The smallest absolute Gasteiger partial charge is 0.338 e. The molecule has 34 heavy (non-hydrogen) atoms. The molecule has 5 rings (SSSR count). The van der Waals surface area contributed by atoms with Gasteiger partial charge in [-0.1, -0.05) is 12.1 Å². The molecule has 11 nitrogen and oxygen atoms in total. The number of aromatic nitrogens is 4. The van der Waals surface area contributed by atoms with E-state index in [9.17, 15) is 22.8 Å². The number of carbonyl (C=O) groups is 3. The number of esters is 1. The monoisotopic (exact) mass is 477 g/mol. The fourth-order valence-corrected chi connectivity index (χ4v) is 5.25. The van der Waals surface area contributed by atoms with Gasteiger partial charge in [0.25, 0.3) is 5.91 Å². The Labute approximate surface area is 192 Å². The van der Waals surface area contributed by atoms with Gasteiger partial charge in [0.15, 0.2) is 23.4 Å². The van der Waals surface area contributed by atoms with Crippen LogP contribution in [0.15, 0.2) is 64.9 Å². The van der Waals surface area contributed by atoms with Crippen LogP contribution in [-0.2, 0) is 19.4 Å². The number of nitrogens with one attached hydrogen (secondary N) is 2. The summed E-state index contributed by atoms with van der Waals surface area (Å²) in [5, 5.41) is 2.53. The van der Waals surface area contributed by atoms with Crippen molar-refractivity contribution >= 4 is 44.5 Å². The van der Waals surface area contributed by atoms with Crippen molar-refractivity contribution in [1.29, 1.82) is 0 Å². The summed E-state index contributed by atoms with van der Waals surface area (Å²) in [5.74, 6) is -1.89. The first-order chi connectivity index (χ1) is 16.3. The van der Waals surface area contributed by atoms with E-state index < -0.39 is 33.6 Å². The number of ketones is 1. The summed E-state index contributed by atoms with van der Waals surface area (Å²) in [4.78, 5) is 52.2. The maximum Gasteiger partial charge on any atom is 0.338 e. The summed E-state index contributed by atoms with van der Waals surface area (Å²) in [6.45, 7) is 1.35. The minimum Gasteiger partial charge on any atom is -0.449 e. The second kappa shape index (κ2) is 7.85. The minimum absolute atomic E-state index is 0.0339. The lowest BCUT2D eigenvalue weighted by molar-refractivity contribution is -0.123. The molecule has 3 heterocycles. The molecule has 0 saturated heterocycles. The van der Waals surface area contributed by atoms with E-state index in [0.29, 0.717) is 11.2 Å². The Hall–Kier alpha value is -4.45. The highest BCUT2D eigenvalue weighted by atomic mass is 32.2. The standard InChI is InChI=1S/C22H15N5O6S/c1-11(21(29)27-20-17-19(24-9-23-17)25-10-26-20)33-22(30)12-6-7-14-16(8-12)34(31,32)15-5-3-2-4-13(15)18(14)28/h2-11H,1H3,(H2,23,24,25,26,27,29)/t11-/m1/s1. The molecule has 2 N–H and O–H groups in total. The van der Waals surface area contributed by atoms with E-state index >= 15 is 0 Å². The number of aromatic amines is 1. The first kappa shape index (κ1) is 21.4. The van der Waals surface area contributed by atoms with Crippen molar-refractivity contribution in [2.75, 3.05) is 5.32 Å². The molecule has 2 aromatic heterocycles. The normalized spacial score (nSPS) is 14.7. The van der Waals surface area contributed by atoms with Crippen LogP contribution in [-0.4, -0.2) is 52.1 Å². The number of nitrogens with zero attached hydrogens (tertiary/aromatic N) is 3. The van der Waals surface area contributed by atoms with Gasteiger partial charge in [-0.15, -0.1) is 0 Å². The molecule has 12 heteroatoms. The van der Waals surface area contributed by atoms with Gasteiger partial charge in [0, 0.05) is 11.1 Å². The van der Waals surface area contributed by atoms with Gasteiger partial charge in [-0.2, -0.15) is 0 Å². The maximum absolute atomic E-state index is 13.0. The molecule has 2 aromatic carbocycles. The lowest BCUT2D eigenvalue weighted by Crippen LogP contribution is -2.30. The Morgan fingerprint density at radius 2 is 1.79 bits per heavy atom. The van der Waals surface area contributed by atoms with Crippen LogP contribution in [0, 0.1) is 0 Å². The van der Waals surface area contributed by atoms with Gasteiger partial charge in [-0.3, -0.25) is 9.59 Å². The highest BCUT2D eigenvalue weighted by Gasteiger charge is 2.35. The second-order valence-corrected chi connectivity index (χ2v) is 9.29. The van der Waals surface area contributed by atoms with Crippen LogP contribution in [0.1, 0.15) is 33.2 Å². The van der Waals surface area contributed by atoms with Gasteiger partial charge in [0.1, 0.15) is 11.8 Å². The molecule has 1 atom stereocenters. The summed E-state index contributed by atoms with van der Waals surface area (Å²) < 4.78 is 31.3. The van der Waals surface area contributed by atoms with Crippen molar-refractivity contribution in [3.05, 3.63) is 71.8 Å². The number of H-pyrrole nitrogens is 1. The Balaban J connectivity index is 1.37. The summed E-state index contributed by atoms with van der Waals surface area (Å²) in [6, 6.07) is 9.51. The third-order valence-electron chi connectivity index (χ3n) is 5.29. The van der Waals surface area contributed by atoms with Crippen LogP contribution < -0.4 is 5.32 Å². The topological polar surface area (TPSA) is 161 Å². The molecular formula is C22H15N5O6S. The number of hydrogen-bond acceptors (Lipinski definition) is 9. The van der Waals surface area contributed by atoms with E-state index in [1.165, 1.54) is 49.9 Å². The molecule has 0 unspecified atom stereocenters. The SMILES string of the molecule is C[C@@H](OC(=O)c1ccc2c(c1)S(=O)(=O)c1ccccc1C2=O)C(=O)Nc1ncnc2nc[nH]c12. The second-order valence-electron chi connectivity index (χ2n) is 7.40. The number of benzene rings is 2. The molecule has 1 amide bonds. The van der Waals surface area contributed by atoms with Crippen LogP contribution in [0.4, 0.5) is 5.82 Å².